The lowest BCUT2D eigenvalue weighted by atomic mass is 10.2. The largest absolute Gasteiger partial charge is 0.481 e. The first kappa shape index (κ1) is 20.8. The van der Waals surface area contributed by atoms with Crippen LogP contribution in [0.15, 0.2) is 12.1 Å². The number of nitrogen functional groups attached to an aromatic ring is 1. The van der Waals surface area contributed by atoms with Crippen LogP contribution >= 0.6 is 0 Å². The van der Waals surface area contributed by atoms with Gasteiger partial charge in [0.15, 0.2) is 5.65 Å². The first-order valence-electron chi connectivity index (χ1n) is 7.97. The molecule has 0 amide bonds. The second kappa shape index (κ2) is 8.72. The number of fused-ring (bicyclic) bond motifs is 1. The minimum Gasteiger partial charge on any atom is -0.481 e. The predicted molar refractivity (Wildman–Crippen MR) is 101 cm³/mol. The van der Waals surface area contributed by atoms with Crippen LogP contribution in [0.4, 0.5) is 0 Å². The zero-order chi connectivity index (χ0) is 19.2. The third kappa shape index (κ3) is 7.02. The number of pyridine rings is 1. The van der Waals surface area contributed by atoms with Gasteiger partial charge in [-0.3, -0.25) is 10.2 Å². The van der Waals surface area contributed by atoms with Gasteiger partial charge in [0.25, 0.3) is 5.97 Å². The molecule has 0 aliphatic heterocycles. The number of carboxylic acids is 1. The normalized spacial score (nSPS) is 11.1. The highest BCUT2D eigenvalue weighted by Crippen LogP contribution is 2.17. The number of carbonyl (C=O) groups is 1. The lowest BCUT2D eigenvalue weighted by Gasteiger charge is -2.15. The van der Waals surface area contributed by atoms with Gasteiger partial charge in [-0.1, -0.05) is 19.6 Å². The summed E-state index contributed by atoms with van der Waals surface area (Å²) in [7, 11) is -1.10. The van der Waals surface area contributed by atoms with Crippen LogP contribution in [0.5, 0.6) is 0 Å². The van der Waals surface area contributed by atoms with Crippen molar-refractivity contribution in [3.8, 4) is 0 Å². The molecule has 0 aliphatic carbocycles. The van der Waals surface area contributed by atoms with Crippen molar-refractivity contribution < 1.29 is 14.6 Å². The van der Waals surface area contributed by atoms with Crippen molar-refractivity contribution in [1.29, 1.82) is 5.41 Å². The van der Waals surface area contributed by atoms with E-state index in [0.717, 1.165) is 30.7 Å². The fourth-order valence-corrected chi connectivity index (χ4v) is 2.72. The molecule has 2 heterocycles. The number of rotatable bonds is 6. The number of aryl methyl sites for hydroxylation is 1. The third-order valence-electron chi connectivity index (χ3n) is 3.20. The van der Waals surface area contributed by atoms with Crippen LogP contribution in [-0.4, -0.2) is 46.4 Å². The molecule has 0 radical (unpaired) electrons. The maximum atomic E-state index is 9.00. The number of carboxylic acid groups (broad SMARTS) is 1. The van der Waals surface area contributed by atoms with Crippen LogP contribution in [0, 0.1) is 12.3 Å². The van der Waals surface area contributed by atoms with E-state index in [2.05, 4.69) is 29.7 Å². The monoisotopic (exact) mass is 365 g/mol. The average molecular weight is 366 g/mol. The Kier molecular flexibility index (Phi) is 7.25. The molecule has 0 spiro atoms. The van der Waals surface area contributed by atoms with E-state index in [1.165, 1.54) is 0 Å². The van der Waals surface area contributed by atoms with Gasteiger partial charge in [0.1, 0.15) is 18.3 Å². The summed E-state index contributed by atoms with van der Waals surface area (Å²) in [5, 5.41) is 20.2. The molecule has 9 heteroatoms. The highest BCUT2D eigenvalue weighted by molar-refractivity contribution is 6.76. The van der Waals surface area contributed by atoms with Gasteiger partial charge in [-0.25, -0.2) is 9.67 Å². The first-order chi connectivity index (χ1) is 11.5. The minimum absolute atomic E-state index is 0.0495. The molecule has 0 atom stereocenters. The molecular weight excluding hydrogens is 338 g/mol. The van der Waals surface area contributed by atoms with Crippen molar-refractivity contribution in [2.24, 2.45) is 5.73 Å². The van der Waals surface area contributed by atoms with Gasteiger partial charge in [0.05, 0.1) is 5.39 Å². The summed E-state index contributed by atoms with van der Waals surface area (Å²) in [6.45, 7) is 11.0. The fraction of sp³-hybridized carbons (Fsp3) is 0.500. The van der Waals surface area contributed by atoms with Gasteiger partial charge in [-0.2, -0.15) is 5.10 Å². The Morgan fingerprint density at radius 1 is 1.40 bits per heavy atom. The van der Waals surface area contributed by atoms with Crippen LogP contribution in [0.2, 0.25) is 25.7 Å². The van der Waals surface area contributed by atoms with E-state index < -0.39 is 14.0 Å². The number of hydrogen-bond acceptors (Lipinski definition) is 5. The van der Waals surface area contributed by atoms with E-state index >= 15 is 0 Å². The Morgan fingerprint density at radius 3 is 2.52 bits per heavy atom. The molecule has 8 nitrogen and oxygen atoms in total. The van der Waals surface area contributed by atoms with E-state index in [1.54, 1.807) is 4.68 Å². The third-order valence-corrected chi connectivity index (χ3v) is 4.90. The van der Waals surface area contributed by atoms with Gasteiger partial charge in [-0.15, -0.1) is 0 Å². The second-order valence-electron chi connectivity index (χ2n) is 6.95. The summed E-state index contributed by atoms with van der Waals surface area (Å²) in [5.41, 5.74) is 7.67. The molecule has 0 bridgehead atoms. The molecule has 2 rings (SSSR count). The molecule has 0 saturated carbocycles. The SMILES string of the molecule is CC(=O)O.Cc1ccc2c(C(=N)N)nn(COCC[Si](C)(C)C)c2n1. The van der Waals surface area contributed by atoms with E-state index in [0.29, 0.717) is 18.1 Å². The molecular formula is C16H27N5O3Si. The van der Waals surface area contributed by atoms with Crippen molar-refractivity contribution in [2.45, 2.75) is 46.3 Å². The Morgan fingerprint density at radius 2 is 2.00 bits per heavy atom. The highest BCUT2D eigenvalue weighted by Gasteiger charge is 2.15. The smallest absolute Gasteiger partial charge is 0.300 e. The maximum absolute atomic E-state index is 9.00. The molecule has 0 unspecified atom stereocenters. The zero-order valence-corrected chi connectivity index (χ0v) is 16.5. The van der Waals surface area contributed by atoms with E-state index in [4.69, 9.17) is 25.8 Å². The van der Waals surface area contributed by atoms with Crippen molar-refractivity contribution >= 4 is 30.9 Å². The van der Waals surface area contributed by atoms with E-state index in [9.17, 15) is 0 Å². The van der Waals surface area contributed by atoms with E-state index in [-0.39, 0.29) is 5.84 Å². The van der Waals surface area contributed by atoms with Crippen LogP contribution in [-0.2, 0) is 16.3 Å². The molecule has 2 aromatic heterocycles. The van der Waals surface area contributed by atoms with Crippen LogP contribution in [0.25, 0.3) is 11.0 Å². The number of hydrogen-bond donors (Lipinski definition) is 3. The molecule has 25 heavy (non-hydrogen) atoms. The molecule has 0 fully saturated rings. The van der Waals surface area contributed by atoms with E-state index in [1.807, 2.05) is 19.1 Å². The Balaban J connectivity index is 0.000000705. The Hall–Kier alpha value is -2.26. The van der Waals surface area contributed by atoms with Crippen LogP contribution < -0.4 is 5.73 Å². The number of aromatic nitrogens is 3. The number of ether oxygens (including phenoxy) is 1. The number of nitrogens with two attached hydrogens (primary N) is 1. The lowest BCUT2D eigenvalue weighted by Crippen LogP contribution is -2.22. The Bertz CT molecular complexity index is 748. The van der Waals surface area contributed by atoms with Crippen LogP contribution in [0.3, 0.4) is 0 Å². The Labute approximate surface area is 148 Å². The molecule has 0 saturated heterocycles. The summed E-state index contributed by atoms with van der Waals surface area (Å²) in [6, 6.07) is 4.91. The predicted octanol–water partition coefficient (Wildman–Crippen LogP) is 2.43. The standard InChI is InChI=1S/C14H23N5OSi.C2H4O2/c1-10-5-6-11-12(13(15)16)18-19(14(11)17-10)9-20-7-8-21(2,3)4;1-2(3)4/h5-6H,7-9H2,1-4H3,(H3,15,16);1H3,(H,3,4). The maximum Gasteiger partial charge on any atom is 0.300 e. The minimum atomic E-state index is -1.10. The quantitative estimate of drug-likeness (QED) is 0.312. The summed E-state index contributed by atoms with van der Waals surface area (Å²) in [4.78, 5) is 13.5. The molecule has 0 aromatic carbocycles. The fourth-order valence-electron chi connectivity index (χ4n) is 1.96. The highest BCUT2D eigenvalue weighted by atomic mass is 28.3. The van der Waals surface area contributed by atoms with Gasteiger partial charge >= 0.3 is 0 Å². The van der Waals surface area contributed by atoms with Crippen molar-refractivity contribution in [1.82, 2.24) is 14.8 Å². The number of nitrogens with zero attached hydrogens (tertiary/aromatic N) is 3. The van der Waals surface area contributed by atoms with Crippen molar-refractivity contribution in [2.75, 3.05) is 6.61 Å². The molecule has 4 N–H and O–H groups in total. The van der Waals surface area contributed by atoms with Gasteiger partial charge in [0, 0.05) is 27.3 Å². The molecule has 2 aromatic rings. The van der Waals surface area contributed by atoms with Gasteiger partial charge in [0.2, 0.25) is 0 Å². The van der Waals surface area contributed by atoms with Crippen LogP contribution in [0.1, 0.15) is 18.3 Å². The van der Waals surface area contributed by atoms with Crippen molar-refractivity contribution in [3.63, 3.8) is 0 Å². The van der Waals surface area contributed by atoms with Crippen molar-refractivity contribution in [3.05, 3.63) is 23.5 Å². The number of amidine groups is 1. The molecule has 0 aliphatic rings. The average Bonchev–Trinajstić information content (AvgIpc) is 2.80. The first-order valence-corrected chi connectivity index (χ1v) is 11.7. The summed E-state index contributed by atoms with van der Waals surface area (Å²) < 4.78 is 7.40. The number of aliphatic carboxylic acids is 1. The second-order valence-corrected chi connectivity index (χ2v) is 12.6. The summed E-state index contributed by atoms with van der Waals surface area (Å²) >= 11 is 0. The van der Waals surface area contributed by atoms with Gasteiger partial charge < -0.3 is 15.6 Å². The topological polar surface area (TPSA) is 127 Å². The number of nitrogens with one attached hydrogen (secondary N) is 1. The summed E-state index contributed by atoms with van der Waals surface area (Å²) in [5.74, 6) is -0.883. The van der Waals surface area contributed by atoms with Gasteiger partial charge in [-0.05, 0) is 25.1 Å². The molecule has 138 valence electrons. The summed E-state index contributed by atoms with van der Waals surface area (Å²) in [6.07, 6.45) is 0. The lowest BCUT2D eigenvalue weighted by molar-refractivity contribution is -0.134. The zero-order valence-electron chi connectivity index (χ0n) is 15.5.